The SMILES string of the molecule is O=C(CSc1ncccn1)OCc1cc(-c2ccc3c(c2)OCCO3)on1. The van der Waals surface area contributed by atoms with Crippen LogP contribution < -0.4 is 9.47 Å². The van der Waals surface area contributed by atoms with Gasteiger partial charge in [0.05, 0.1) is 5.75 Å². The number of rotatable bonds is 6. The van der Waals surface area contributed by atoms with Crippen molar-refractivity contribution in [2.75, 3.05) is 19.0 Å². The number of esters is 1. The van der Waals surface area contributed by atoms with Crippen LogP contribution in [0.1, 0.15) is 5.69 Å². The Morgan fingerprint density at radius 3 is 2.78 bits per heavy atom. The van der Waals surface area contributed by atoms with E-state index in [4.69, 9.17) is 18.7 Å². The van der Waals surface area contributed by atoms with Crippen LogP contribution in [0.4, 0.5) is 0 Å². The molecule has 27 heavy (non-hydrogen) atoms. The summed E-state index contributed by atoms with van der Waals surface area (Å²) >= 11 is 1.21. The Kier molecular flexibility index (Phi) is 5.20. The van der Waals surface area contributed by atoms with Crippen molar-refractivity contribution in [1.82, 2.24) is 15.1 Å². The fraction of sp³-hybridized carbons (Fsp3) is 0.222. The third kappa shape index (κ3) is 4.37. The Labute approximate surface area is 158 Å². The van der Waals surface area contributed by atoms with Crippen molar-refractivity contribution in [2.24, 2.45) is 0 Å². The summed E-state index contributed by atoms with van der Waals surface area (Å²) in [6, 6.07) is 8.97. The fourth-order valence-electron chi connectivity index (χ4n) is 2.39. The van der Waals surface area contributed by atoms with Crippen molar-refractivity contribution >= 4 is 17.7 Å². The smallest absolute Gasteiger partial charge is 0.316 e. The van der Waals surface area contributed by atoms with Gasteiger partial charge in [0.15, 0.2) is 22.4 Å². The number of ether oxygens (including phenoxy) is 3. The lowest BCUT2D eigenvalue weighted by Gasteiger charge is -2.18. The van der Waals surface area contributed by atoms with E-state index < -0.39 is 0 Å². The molecule has 1 aromatic carbocycles. The normalized spacial score (nSPS) is 12.6. The Balaban J connectivity index is 1.32. The van der Waals surface area contributed by atoms with Gasteiger partial charge in [0.25, 0.3) is 0 Å². The first kappa shape index (κ1) is 17.3. The van der Waals surface area contributed by atoms with Crippen LogP contribution in [0.15, 0.2) is 52.4 Å². The molecule has 9 heteroatoms. The van der Waals surface area contributed by atoms with Crippen LogP contribution in [0.3, 0.4) is 0 Å². The van der Waals surface area contributed by atoms with Gasteiger partial charge in [0.2, 0.25) is 0 Å². The van der Waals surface area contributed by atoms with Crippen molar-refractivity contribution in [3.05, 3.63) is 48.4 Å². The average Bonchev–Trinajstić information content (AvgIpc) is 3.20. The van der Waals surface area contributed by atoms with Gasteiger partial charge in [-0.25, -0.2) is 9.97 Å². The molecule has 4 rings (SSSR count). The largest absolute Gasteiger partial charge is 0.486 e. The maximum Gasteiger partial charge on any atom is 0.316 e. The first-order chi connectivity index (χ1) is 13.3. The molecule has 0 atom stereocenters. The van der Waals surface area contributed by atoms with Crippen LogP contribution >= 0.6 is 11.8 Å². The molecule has 1 aliphatic rings. The highest BCUT2D eigenvalue weighted by Crippen LogP contribution is 2.34. The zero-order valence-corrected chi connectivity index (χ0v) is 15.0. The van der Waals surface area contributed by atoms with E-state index in [-0.39, 0.29) is 18.3 Å². The average molecular weight is 385 g/mol. The molecule has 0 bridgehead atoms. The van der Waals surface area contributed by atoms with E-state index in [2.05, 4.69) is 15.1 Å². The molecule has 0 aliphatic carbocycles. The van der Waals surface area contributed by atoms with Gasteiger partial charge in [-0.05, 0) is 24.3 Å². The Hall–Kier alpha value is -3.07. The summed E-state index contributed by atoms with van der Waals surface area (Å²) < 4.78 is 21.6. The Morgan fingerprint density at radius 2 is 1.93 bits per heavy atom. The fourth-order valence-corrected chi connectivity index (χ4v) is 2.99. The molecule has 0 saturated heterocycles. The van der Waals surface area contributed by atoms with Crippen molar-refractivity contribution in [2.45, 2.75) is 11.8 Å². The predicted molar refractivity (Wildman–Crippen MR) is 95.5 cm³/mol. The predicted octanol–water partition coefficient (Wildman–Crippen LogP) is 2.74. The number of fused-ring (bicyclic) bond motifs is 1. The lowest BCUT2D eigenvalue weighted by atomic mass is 10.1. The molecule has 0 N–H and O–H groups in total. The lowest BCUT2D eigenvalue weighted by Crippen LogP contribution is -2.15. The molecule has 8 nitrogen and oxygen atoms in total. The molecule has 0 fully saturated rings. The highest BCUT2D eigenvalue weighted by molar-refractivity contribution is 7.99. The van der Waals surface area contributed by atoms with Crippen molar-refractivity contribution in [3.63, 3.8) is 0 Å². The van der Waals surface area contributed by atoms with E-state index >= 15 is 0 Å². The van der Waals surface area contributed by atoms with E-state index in [0.717, 1.165) is 5.56 Å². The molecular weight excluding hydrogens is 370 g/mol. The molecule has 0 saturated carbocycles. The third-order valence-electron chi connectivity index (χ3n) is 3.63. The molecule has 3 heterocycles. The van der Waals surface area contributed by atoms with E-state index in [1.54, 1.807) is 24.5 Å². The number of carbonyl (C=O) groups is 1. The maximum absolute atomic E-state index is 11.8. The molecule has 0 radical (unpaired) electrons. The summed E-state index contributed by atoms with van der Waals surface area (Å²) in [5, 5.41) is 4.46. The molecule has 0 spiro atoms. The number of benzene rings is 1. The van der Waals surface area contributed by atoms with E-state index in [1.807, 2.05) is 18.2 Å². The molecule has 2 aromatic heterocycles. The summed E-state index contributed by atoms with van der Waals surface area (Å²) in [4.78, 5) is 19.9. The minimum Gasteiger partial charge on any atom is -0.486 e. The number of thioether (sulfide) groups is 1. The number of aromatic nitrogens is 3. The second-order valence-electron chi connectivity index (χ2n) is 5.52. The highest BCUT2D eigenvalue weighted by atomic mass is 32.2. The van der Waals surface area contributed by atoms with Crippen LogP contribution in [0, 0.1) is 0 Å². The molecule has 0 unspecified atom stereocenters. The quantitative estimate of drug-likeness (QED) is 0.360. The zero-order chi connectivity index (χ0) is 18.5. The minimum absolute atomic E-state index is 0.0308. The molecule has 1 aliphatic heterocycles. The van der Waals surface area contributed by atoms with Crippen LogP contribution in [0.25, 0.3) is 11.3 Å². The summed E-state index contributed by atoms with van der Waals surface area (Å²) in [5.74, 6) is 1.68. The number of nitrogens with zero attached hydrogens (tertiary/aromatic N) is 3. The zero-order valence-electron chi connectivity index (χ0n) is 14.2. The molecule has 0 amide bonds. The number of hydrogen-bond donors (Lipinski definition) is 0. The highest BCUT2D eigenvalue weighted by Gasteiger charge is 2.15. The van der Waals surface area contributed by atoms with Gasteiger partial charge in [-0.2, -0.15) is 0 Å². The van der Waals surface area contributed by atoms with Gasteiger partial charge in [-0.3, -0.25) is 4.79 Å². The summed E-state index contributed by atoms with van der Waals surface area (Å²) in [7, 11) is 0. The van der Waals surface area contributed by atoms with Gasteiger partial charge >= 0.3 is 5.97 Å². The van der Waals surface area contributed by atoms with Crippen molar-refractivity contribution in [3.8, 4) is 22.8 Å². The van der Waals surface area contributed by atoms with Gasteiger partial charge in [-0.15, -0.1) is 0 Å². The van der Waals surface area contributed by atoms with Crippen LogP contribution in [0.5, 0.6) is 11.5 Å². The monoisotopic (exact) mass is 385 g/mol. The van der Waals surface area contributed by atoms with E-state index in [9.17, 15) is 4.79 Å². The standard InChI is InChI=1S/C18H15N3O5S/c22-17(11-27-18-19-4-1-5-20-18)25-10-13-9-15(26-21-13)12-2-3-14-16(8-12)24-7-6-23-14/h1-5,8-9H,6-7,10-11H2. The first-order valence-electron chi connectivity index (χ1n) is 8.19. The van der Waals surface area contributed by atoms with E-state index in [0.29, 0.717) is 41.3 Å². The number of hydrogen-bond acceptors (Lipinski definition) is 9. The van der Waals surface area contributed by atoms with E-state index in [1.165, 1.54) is 11.8 Å². The topological polar surface area (TPSA) is 96.6 Å². The molecule has 3 aromatic rings. The molecule has 138 valence electrons. The van der Waals surface area contributed by atoms with Gasteiger partial charge in [0, 0.05) is 24.0 Å². The number of carbonyl (C=O) groups excluding carboxylic acids is 1. The van der Waals surface area contributed by atoms with Crippen LogP contribution in [-0.4, -0.2) is 40.1 Å². The second-order valence-corrected chi connectivity index (χ2v) is 6.46. The summed E-state index contributed by atoms with van der Waals surface area (Å²) in [5.41, 5.74) is 1.33. The van der Waals surface area contributed by atoms with Gasteiger partial charge in [-0.1, -0.05) is 16.9 Å². The van der Waals surface area contributed by atoms with Crippen molar-refractivity contribution in [1.29, 1.82) is 0 Å². The second kappa shape index (κ2) is 8.09. The lowest BCUT2D eigenvalue weighted by molar-refractivity contribution is -0.141. The van der Waals surface area contributed by atoms with Crippen LogP contribution in [-0.2, 0) is 16.1 Å². The van der Waals surface area contributed by atoms with Crippen molar-refractivity contribution < 1.29 is 23.5 Å². The molecular formula is C18H15N3O5S. The first-order valence-corrected chi connectivity index (χ1v) is 9.17. The summed E-state index contributed by atoms with van der Waals surface area (Å²) in [6.45, 7) is 1.09. The summed E-state index contributed by atoms with van der Waals surface area (Å²) in [6.07, 6.45) is 3.24. The van der Waals surface area contributed by atoms with Crippen LogP contribution in [0.2, 0.25) is 0 Å². The minimum atomic E-state index is -0.378. The van der Waals surface area contributed by atoms with Gasteiger partial charge in [0.1, 0.15) is 25.5 Å². The maximum atomic E-state index is 11.8. The van der Waals surface area contributed by atoms with Gasteiger partial charge < -0.3 is 18.7 Å². The Morgan fingerprint density at radius 1 is 1.11 bits per heavy atom. The Bertz CT molecular complexity index is 932. The third-order valence-corrected chi connectivity index (χ3v) is 4.48.